The van der Waals surface area contributed by atoms with E-state index in [1.54, 1.807) is 0 Å². The molecule has 32 heavy (non-hydrogen) atoms. The zero-order chi connectivity index (χ0) is 24.3. The van der Waals surface area contributed by atoms with E-state index < -0.39 is 70.3 Å². The van der Waals surface area contributed by atoms with Crippen LogP contribution in [0.15, 0.2) is 30.3 Å². The molecule has 19 nitrogen and oxygen atoms in total. The molecule has 2 aromatic carbocycles. The van der Waals surface area contributed by atoms with Crippen LogP contribution < -0.4 is 10.9 Å². The van der Waals surface area contributed by atoms with E-state index >= 15 is 0 Å². The lowest BCUT2D eigenvalue weighted by Gasteiger charge is -2.14. The van der Waals surface area contributed by atoms with E-state index in [0.717, 1.165) is 18.2 Å². The summed E-state index contributed by atoms with van der Waals surface area (Å²) in [6, 6.07) is 3.10. The van der Waals surface area contributed by atoms with Gasteiger partial charge in [-0.25, -0.2) is 10.1 Å². The first-order valence-electron chi connectivity index (χ1n) is 7.87. The normalized spacial score (nSPS) is 10.2. The van der Waals surface area contributed by atoms with E-state index in [2.05, 4.69) is 0 Å². The minimum absolute atomic E-state index is 0.0589. The molecular weight excluding hydrogens is 444 g/mol. The maximum absolute atomic E-state index is 11.6. The van der Waals surface area contributed by atoms with Gasteiger partial charge in [-0.2, -0.15) is 5.84 Å². The zero-order valence-corrected chi connectivity index (χ0v) is 15.3. The Morgan fingerprint density at radius 3 is 1.56 bits per heavy atom. The maximum atomic E-state index is 11.6. The quantitative estimate of drug-likeness (QED) is 0.246. The van der Waals surface area contributed by atoms with Crippen molar-refractivity contribution in [2.45, 2.75) is 6.54 Å². The average Bonchev–Trinajstić information content (AvgIpc) is 2.70. The van der Waals surface area contributed by atoms with Crippen LogP contribution in [0, 0.1) is 55.5 Å². The fraction of sp³-hybridized carbons (Fsp3) is 0.0769. The van der Waals surface area contributed by atoms with Crippen LogP contribution in [0.3, 0.4) is 0 Å². The number of nitro benzene ring substituents is 4. The number of non-ortho nitro benzene ring substituents is 1. The Labute approximate surface area is 173 Å². The molecule has 0 aliphatic carbocycles. The van der Waals surface area contributed by atoms with Gasteiger partial charge in [0.05, 0.1) is 36.7 Å². The number of nitroso groups, excluding NO2 is 1. The Balaban J connectivity index is 2.74. The van der Waals surface area contributed by atoms with Gasteiger partial charge in [-0.1, -0.05) is 5.01 Å². The van der Waals surface area contributed by atoms with Crippen LogP contribution in [-0.4, -0.2) is 29.6 Å². The molecule has 2 aromatic rings. The summed E-state index contributed by atoms with van der Waals surface area (Å²) in [6.07, 6.45) is 0. The van der Waals surface area contributed by atoms with Crippen molar-refractivity contribution in [1.82, 2.24) is 0 Å². The highest BCUT2D eigenvalue weighted by atomic mass is 16.7. The third-order valence-corrected chi connectivity index (χ3v) is 3.92. The molecule has 0 spiro atoms. The van der Waals surface area contributed by atoms with E-state index in [0.29, 0.717) is 12.1 Å². The van der Waals surface area contributed by atoms with Gasteiger partial charge in [-0.15, -0.1) is 0 Å². The summed E-state index contributed by atoms with van der Waals surface area (Å²) >= 11 is 0. The molecule has 0 aliphatic heterocycles. The van der Waals surface area contributed by atoms with Crippen molar-refractivity contribution in [2.75, 3.05) is 5.01 Å². The second-order valence-electron chi connectivity index (χ2n) is 5.81. The fourth-order valence-electron chi connectivity index (χ4n) is 2.63. The number of anilines is 1. The molecule has 2 N–H and O–H groups in total. The number of hydrogen-bond acceptors (Lipinski definition) is 11. The number of nitrogens with two attached hydrogens (primary N) is 1. The molecule has 0 atom stereocenters. The van der Waals surface area contributed by atoms with Crippen molar-refractivity contribution >= 4 is 34.1 Å². The number of rotatable bonds is 9. The van der Waals surface area contributed by atoms with E-state index in [4.69, 9.17) is 5.84 Å². The van der Waals surface area contributed by atoms with Gasteiger partial charge in [0, 0.05) is 12.1 Å². The maximum Gasteiger partial charge on any atom is 0.368 e. The molecule has 0 unspecified atom stereocenters. The van der Waals surface area contributed by atoms with Gasteiger partial charge in [-0.3, -0.25) is 40.5 Å². The summed E-state index contributed by atoms with van der Waals surface area (Å²) in [6.45, 7) is -0.967. The molecule has 2 rings (SSSR count). The fourth-order valence-corrected chi connectivity index (χ4v) is 2.63. The second kappa shape index (κ2) is 8.56. The Morgan fingerprint density at radius 1 is 0.688 bits per heavy atom. The number of benzene rings is 2. The summed E-state index contributed by atoms with van der Waals surface area (Å²) in [5.74, 6) is 4.98. The lowest BCUT2D eigenvalue weighted by atomic mass is 10.1. The first-order valence-corrected chi connectivity index (χ1v) is 7.87. The van der Waals surface area contributed by atoms with Crippen molar-refractivity contribution < 1.29 is 29.6 Å². The van der Waals surface area contributed by atoms with Crippen molar-refractivity contribution in [3.8, 4) is 0 Å². The molecule has 0 saturated heterocycles. The molecule has 0 bridgehead atoms. The minimum atomic E-state index is -1.31. The van der Waals surface area contributed by atoms with Crippen LogP contribution in [0.25, 0.3) is 0 Å². The first kappa shape index (κ1) is 22.9. The molecule has 0 saturated carbocycles. The molecule has 0 heterocycles. The lowest BCUT2D eigenvalue weighted by Crippen LogP contribution is -2.30. The van der Waals surface area contributed by atoms with Gasteiger partial charge in [0.15, 0.2) is 9.90 Å². The standard InChI is InChI=1S/C13H9N8O11/c14-16(22)10-3-7(1-2-9(10)18(25)26)6-15(21(31)32)13-11(19(27)28)4-8(17(23)24)5-12(13)20(29)30/h1-5H,6H2,(H2,14,22)/q+1. The predicted octanol–water partition coefficient (Wildman–Crippen LogP) is 1.80. The lowest BCUT2D eigenvalue weighted by molar-refractivity contribution is -0.499. The van der Waals surface area contributed by atoms with Crippen LogP contribution in [0.1, 0.15) is 5.56 Å². The summed E-state index contributed by atoms with van der Waals surface area (Å²) in [5.41, 5.74) is -6.58. The van der Waals surface area contributed by atoms with E-state index in [1.807, 2.05) is 0 Å². The van der Waals surface area contributed by atoms with Gasteiger partial charge in [0.25, 0.3) is 11.4 Å². The topological polar surface area (TPSA) is 265 Å². The van der Waals surface area contributed by atoms with Gasteiger partial charge in [0.2, 0.25) is 0 Å². The first-order chi connectivity index (χ1) is 14.8. The average molecular weight is 453 g/mol. The Bertz CT molecular complexity index is 1160. The van der Waals surface area contributed by atoms with Gasteiger partial charge < -0.3 is 0 Å². The summed E-state index contributed by atoms with van der Waals surface area (Å²) in [5, 5.41) is 55.0. The van der Waals surface area contributed by atoms with Crippen LogP contribution >= 0.6 is 0 Å². The third kappa shape index (κ3) is 4.45. The van der Waals surface area contributed by atoms with Crippen LogP contribution in [0.4, 0.5) is 34.1 Å². The number of nitrogens with zero attached hydrogens (tertiary/aromatic N) is 7. The molecule has 0 aromatic heterocycles. The highest BCUT2D eigenvalue weighted by Gasteiger charge is 2.40. The molecule has 0 amide bonds. The SMILES string of the molecule is N[N+](=O)c1cc(CN(c2c([N+](=O)[O-])cc([N+](=O)[O-])cc2[N+](=O)[O-])[N+](=O)[O-])ccc1[N+](=O)[O-]. The largest absolute Gasteiger partial charge is 0.368 e. The van der Waals surface area contributed by atoms with Gasteiger partial charge in [0.1, 0.15) is 6.54 Å². The Kier molecular flexibility index (Phi) is 6.13. The number of nitro groups is 5. The molecule has 19 heteroatoms. The molecule has 0 fully saturated rings. The smallest absolute Gasteiger partial charge is 0.258 e. The Morgan fingerprint density at radius 2 is 1.19 bits per heavy atom. The third-order valence-electron chi connectivity index (χ3n) is 3.92. The van der Waals surface area contributed by atoms with Crippen molar-refractivity contribution in [3.05, 3.63) is 91.4 Å². The highest BCUT2D eigenvalue weighted by Crippen LogP contribution is 2.42. The van der Waals surface area contributed by atoms with Crippen molar-refractivity contribution in [1.29, 1.82) is 0 Å². The Hall–Kier alpha value is -5.36. The second-order valence-corrected chi connectivity index (χ2v) is 5.81. The molecule has 0 radical (unpaired) electrons. The van der Waals surface area contributed by atoms with Crippen LogP contribution in [-0.2, 0) is 6.54 Å². The summed E-state index contributed by atoms with van der Waals surface area (Å²) in [7, 11) is 0. The highest BCUT2D eigenvalue weighted by molar-refractivity contribution is 5.77. The van der Waals surface area contributed by atoms with Crippen LogP contribution in [0.2, 0.25) is 0 Å². The molecular formula is C13H9N8O11+. The van der Waals surface area contributed by atoms with E-state index in [1.165, 1.54) is 0 Å². The van der Waals surface area contributed by atoms with Gasteiger partial charge in [-0.05, 0) is 11.6 Å². The minimum Gasteiger partial charge on any atom is -0.258 e. The zero-order valence-electron chi connectivity index (χ0n) is 15.3. The molecule has 166 valence electrons. The van der Waals surface area contributed by atoms with Crippen molar-refractivity contribution in [2.24, 2.45) is 5.84 Å². The molecule has 0 aliphatic rings. The van der Waals surface area contributed by atoms with Gasteiger partial charge >= 0.3 is 22.7 Å². The number of hydrazine groups is 2. The van der Waals surface area contributed by atoms with E-state index in [9.17, 15) is 55.5 Å². The summed E-state index contributed by atoms with van der Waals surface area (Å²) < 4.78 is 0. The van der Waals surface area contributed by atoms with Crippen LogP contribution in [0.5, 0.6) is 0 Å². The predicted molar refractivity (Wildman–Crippen MR) is 100 cm³/mol. The van der Waals surface area contributed by atoms with Crippen molar-refractivity contribution in [3.63, 3.8) is 0 Å². The monoisotopic (exact) mass is 453 g/mol. The van der Waals surface area contributed by atoms with E-state index in [-0.39, 0.29) is 10.6 Å². The number of hydrogen-bond donors (Lipinski definition) is 1. The summed E-state index contributed by atoms with van der Waals surface area (Å²) in [4.78, 5) is 62.6.